The zero-order chi connectivity index (χ0) is 18.6. The first-order valence-corrected chi connectivity index (χ1v) is 21.9. The lowest BCUT2D eigenvalue weighted by Crippen LogP contribution is -2.52. The fourth-order valence-corrected chi connectivity index (χ4v) is 22.0. The molecule has 26 heavy (non-hydrogen) atoms. The molecule has 138 valence electrons. The predicted octanol–water partition coefficient (Wildman–Crippen LogP) is 5.78. The molecule has 0 bridgehead atoms. The highest BCUT2D eigenvalue weighted by atomic mass is 32.3. The molecular weight excluding hydrogens is 468 g/mol. The zero-order valence-corrected chi connectivity index (χ0v) is 23.7. The van der Waals surface area contributed by atoms with Crippen molar-refractivity contribution < 1.29 is 16.5 Å². The predicted molar refractivity (Wildman–Crippen MR) is 128 cm³/mol. The van der Waals surface area contributed by atoms with Crippen molar-refractivity contribution in [2.45, 2.75) is 26.2 Å². The molecule has 0 spiro atoms. The number of hydrogen-bond acceptors (Lipinski definition) is 4. The van der Waals surface area contributed by atoms with Crippen LogP contribution in [0, 0.1) is 0 Å². The van der Waals surface area contributed by atoms with E-state index in [0.29, 0.717) is 0 Å². The molecule has 12 heteroatoms. The number of hydrogen-bond donors (Lipinski definition) is 0. The Labute approximate surface area is 167 Å². The zero-order valence-electron chi connectivity index (χ0n) is 15.3. The summed E-state index contributed by atoms with van der Waals surface area (Å²) >= 11 is 0. The summed E-state index contributed by atoms with van der Waals surface area (Å²) in [6.45, 7) is 8.20. The summed E-state index contributed by atoms with van der Waals surface area (Å²) in [5, 5.41) is 5.89. The Morgan fingerprint density at radius 1 is 0.808 bits per heavy atom. The summed E-state index contributed by atoms with van der Waals surface area (Å²) in [5.41, 5.74) is 0. The molecule has 2 aromatic carbocycles. The molecule has 0 amide bonds. The average molecular weight is 491 g/mol. The molecule has 1 aliphatic rings. The van der Waals surface area contributed by atoms with Gasteiger partial charge in [-0.25, -0.2) is 0 Å². The second-order valence-electron chi connectivity index (χ2n) is 6.66. The fourth-order valence-electron chi connectivity index (χ4n) is 2.61. The lowest BCUT2D eigenvalue weighted by atomic mass is 10.1. The van der Waals surface area contributed by atoms with Gasteiger partial charge in [0.05, 0.1) is 0 Å². The minimum absolute atomic E-state index is 0.806. The highest BCUT2D eigenvalue weighted by Crippen LogP contribution is 2.47. The van der Waals surface area contributed by atoms with Crippen molar-refractivity contribution in [1.29, 1.82) is 0 Å². The Morgan fingerprint density at radius 3 is 2.19 bits per heavy atom. The maximum Gasteiger partial charge on any atom is 0.313 e. The molecule has 0 unspecified atom stereocenters. The third-order valence-corrected chi connectivity index (χ3v) is 23.7. The molecular formula is C14H22O4P4Si4. The Morgan fingerprint density at radius 2 is 1.46 bits per heavy atom. The largest absolute Gasteiger partial charge is 0.425 e. The van der Waals surface area contributed by atoms with Gasteiger partial charge in [-0.1, -0.05) is 30.3 Å². The van der Waals surface area contributed by atoms with E-state index in [1.807, 2.05) is 26.2 Å². The van der Waals surface area contributed by atoms with Gasteiger partial charge in [-0.2, -0.15) is 0 Å². The van der Waals surface area contributed by atoms with E-state index >= 15 is 0 Å². The monoisotopic (exact) mass is 490 g/mol. The quantitative estimate of drug-likeness (QED) is 0.296. The van der Waals surface area contributed by atoms with Crippen LogP contribution in [-0.2, 0) is 16.5 Å². The summed E-state index contributed by atoms with van der Waals surface area (Å²) in [6, 6.07) is 13.2. The van der Waals surface area contributed by atoms with Crippen LogP contribution in [0.25, 0.3) is 21.0 Å². The van der Waals surface area contributed by atoms with Crippen LogP contribution >= 0.6 is 30.8 Å². The van der Waals surface area contributed by atoms with Crippen LogP contribution in [0.15, 0.2) is 36.4 Å². The third-order valence-electron chi connectivity index (χ3n) is 3.69. The van der Waals surface area contributed by atoms with E-state index in [2.05, 4.69) is 36.4 Å². The maximum absolute atomic E-state index is 5.89. The Hall–Kier alpha value is 0.608. The Kier molecular flexibility index (Phi) is 7.71. The van der Waals surface area contributed by atoms with Crippen molar-refractivity contribution >= 4 is 89.0 Å². The van der Waals surface area contributed by atoms with Crippen LogP contribution in [0.2, 0.25) is 26.2 Å². The van der Waals surface area contributed by atoms with E-state index in [1.54, 1.807) is 5.12 Å². The van der Waals surface area contributed by atoms with Gasteiger partial charge in [-0.15, -0.1) is 0 Å². The van der Waals surface area contributed by atoms with Gasteiger partial charge in [0.15, 0.2) is 0 Å². The summed E-state index contributed by atoms with van der Waals surface area (Å²) < 4.78 is 22.5. The summed E-state index contributed by atoms with van der Waals surface area (Å²) in [4.78, 5) is 0. The summed E-state index contributed by atoms with van der Waals surface area (Å²) in [6.07, 6.45) is 0. The number of rotatable bonds is 0. The van der Waals surface area contributed by atoms with Crippen molar-refractivity contribution in [3.63, 3.8) is 0 Å². The molecule has 0 radical (unpaired) electrons. The minimum Gasteiger partial charge on any atom is -0.425 e. The molecule has 0 aliphatic carbocycles. The van der Waals surface area contributed by atoms with Gasteiger partial charge in [-0.05, 0) is 73.9 Å². The molecule has 1 aliphatic heterocycles. The van der Waals surface area contributed by atoms with Gasteiger partial charge in [0.25, 0.3) is 20.0 Å². The van der Waals surface area contributed by atoms with Crippen molar-refractivity contribution in [3.8, 4) is 0 Å². The maximum atomic E-state index is 5.89. The molecule has 0 N–H and O–H groups in total. The molecule has 0 saturated carbocycles. The second kappa shape index (κ2) is 9.40. The highest BCUT2D eigenvalue weighted by Gasteiger charge is 2.37. The summed E-state index contributed by atoms with van der Waals surface area (Å²) in [5.74, 6) is 0. The second-order valence-corrected chi connectivity index (χ2v) is 24.7. The van der Waals surface area contributed by atoms with Crippen LogP contribution in [0.5, 0.6) is 0 Å². The van der Waals surface area contributed by atoms with Crippen molar-refractivity contribution in [1.82, 2.24) is 0 Å². The number of fused-ring (bicyclic) bond motifs is 3. The van der Waals surface area contributed by atoms with E-state index in [0.717, 1.165) is 0 Å². The molecule has 2 heterocycles. The minimum atomic E-state index is -1.91. The standard InChI is InChI=1S/C10H6P4.C4H16O4Si4/c1-2-4-8-7(3-1)5-6-9-10(8)12-14-13-11-9;1-11(2)6-9-5-10-7-12(3,4)8-11/h1-6H;9-10H2,1-4H3. The van der Waals surface area contributed by atoms with Gasteiger partial charge in [0, 0.05) is 10.2 Å². The molecule has 4 rings (SSSR count). The van der Waals surface area contributed by atoms with E-state index in [4.69, 9.17) is 16.5 Å². The van der Waals surface area contributed by atoms with E-state index < -0.39 is 37.1 Å². The first-order valence-electron chi connectivity index (χ1n) is 8.26. The van der Waals surface area contributed by atoms with Gasteiger partial charge >= 0.3 is 17.1 Å². The molecule has 1 aromatic heterocycles. The SMILES string of the molecule is C[Si]1(C)O[SiH2]O[SiH2]O[Si](C)(C)O1.c1ccc2c(c1)ccc1ppppc12. The smallest absolute Gasteiger partial charge is 0.313 e. The van der Waals surface area contributed by atoms with Gasteiger partial charge in [-0.3, -0.25) is 0 Å². The van der Waals surface area contributed by atoms with Crippen molar-refractivity contribution in [3.05, 3.63) is 36.4 Å². The molecule has 3 aromatic rings. The normalized spacial score (nSPS) is 22.3. The first-order chi connectivity index (χ1) is 12.4. The average Bonchev–Trinajstić information content (AvgIpc) is 2.60. The van der Waals surface area contributed by atoms with Crippen LogP contribution in [-0.4, -0.2) is 37.1 Å². The first kappa shape index (κ1) is 21.3. The molecule has 4 nitrogen and oxygen atoms in total. The Balaban J connectivity index is 0.000000153. The topological polar surface area (TPSA) is 36.9 Å². The summed E-state index contributed by atoms with van der Waals surface area (Å²) in [7, 11) is 0.561. The van der Waals surface area contributed by atoms with E-state index in [-0.39, 0.29) is 0 Å². The molecule has 1 fully saturated rings. The fraction of sp³-hybridized carbons (Fsp3) is 0.286. The van der Waals surface area contributed by atoms with Crippen LogP contribution in [0.4, 0.5) is 0 Å². The molecule has 1 saturated heterocycles. The van der Waals surface area contributed by atoms with Gasteiger partial charge < -0.3 is 16.5 Å². The van der Waals surface area contributed by atoms with Crippen LogP contribution in [0.3, 0.4) is 0 Å². The lowest BCUT2D eigenvalue weighted by molar-refractivity contribution is 0.286. The van der Waals surface area contributed by atoms with Gasteiger partial charge in [0.1, 0.15) is 0 Å². The van der Waals surface area contributed by atoms with E-state index in [1.165, 1.54) is 46.7 Å². The van der Waals surface area contributed by atoms with Gasteiger partial charge in [0.2, 0.25) is 0 Å². The lowest BCUT2D eigenvalue weighted by Gasteiger charge is -2.35. The number of benzene rings is 2. The third kappa shape index (κ3) is 6.05. The van der Waals surface area contributed by atoms with Crippen molar-refractivity contribution in [2.75, 3.05) is 0 Å². The van der Waals surface area contributed by atoms with Crippen LogP contribution < -0.4 is 0 Å². The highest BCUT2D eigenvalue weighted by molar-refractivity contribution is 8.31. The van der Waals surface area contributed by atoms with Crippen LogP contribution in [0.1, 0.15) is 0 Å². The van der Waals surface area contributed by atoms with E-state index in [9.17, 15) is 0 Å². The van der Waals surface area contributed by atoms with Crippen molar-refractivity contribution in [2.24, 2.45) is 0 Å². The Bertz CT molecular complexity index is 828. The molecule has 0 atom stereocenters.